The van der Waals surface area contributed by atoms with Gasteiger partial charge in [0, 0.05) is 10.5 Å². The lowest BCUT2D eigenvalue weighted by Gasteiger charge is -2.18. The largest absolute Gasteiger partial charge is 0.416 e. The van der Waals surface area contributed by atoms with E-state index in [0.717, 1.165) is 16.6 Å². The molecule has 0 heterocycles. The SMILES string of the molecule is CC(Nc1ccc(Br)cc1Cl)c1cccc(C(F)(F)F)c1. The first-order chi connectivity index (χ1) is 9.77. The average Bonchev–Trinajstić information content (AvgIpc) is 2.41. The standard InChI is InChI=1S/C15H12BrClF3N/c1-9(21-14-6-5-12(16)8-13(14)17)10-3-2-4-11(7-10)15(18,19)20/h2-9,21H,1H3. The van der Waals surface area contributed by atoms with Gasteiger partial charge in [0.2, 0.25) is 0 Å². The van der Waals surface area contributed by atoms with Gasteiger partial charge in [0.1, 0.15) is 0 Å². The molecule has 0 amide bonds. The van der Waals surface area contributed by atoms with Gasteiger partial charge in [-0.05, 0) is 42.8 Å². The molecule has 1 atom stereocenters. The molecule has 0 bridgehead atoms. The quantitative estimate of drug-likeness (QED) is 0.661. The van der Waals surface area contributed by atoms with Crippen molar-refractivity contribution in [2.45, 2.75) is 19.1 Å². The molecule has 0 aromatic heterocycles. The van der Waals surface area contributed by atoms with Crippen LogP contribution < -0.4 is 5.32 Å². The van der Waals surface area contributed by atoms with Crippen LogP contribution >= 0.6 is 27.5 Å². The van der Waals surface area contributed by atoms with Gasteiger partial charge in [-0.1, -0.05) is 39.7 Å². The highest BCUT2D eigenvalue weighted by Gasteiger charge is 2.30. The van der Waals surface area contributed by atoms with Crippen LogP contribution in [-0.2, 0) is 6.18 Å². The van der Waals surface area contributed by atoms with E-state index in [2.05, 4.69) is 21.2 Å². The van der Waals surface area contributed by atoms with E-state index in [1.807, 2.05) is 6.07 Å². The van der Waals surface area contributed by atoms with Gasteiger partial charge in [-0.25, -0.2) is 0 Å². The maximum Gasteiger partial charge on any atom is 0.416 e. The summed E-state index contributed by atoms with van der Waals surface area (Å²) in [6.45, 7) is 1.79. The van der Waals surface area contributed by atoms with Crippen molar-refractivity contribution in [2.75, 3.05) is 5.32 Å². The van der Waals surface area contributed by atoms with Gasteiger partial charge >= 0.3 is 6.18 Å². The molecule has 0 aliphatic carbocycles. The molecule has 1 N–H and O–H groups in total. The fourth-order valence-corrected chi connectivity index (χ4v) is 2.64. The van der Waals surface area contributed by atoms with Crippen LogP contribution in [0.3, 0.4) is 0 Å². The Morgan fingerprint density at radius 2 is 1.86 bits per heavy atom. The number of nitrogens with one attached hydrogen (secondary N) is 1. The van der Waals surface area contributed by atoms with Crippen LogP contribution in [0, 0.1) is 0 Å². The lowest BCUT2D eigenvalue weighted by molar-refractivity contribution is -0.137. The van der Waals surface area contributed by atoms with Crippen molar-refractivity contribution in [3.63, 3.8) is 0 Å². The monoisotopic (exact) mass is 377 g/mol. The third-order valence-corrected chi connectivity index (χ3v) is 3.82. The molecule has 6 heteroatoms. The van der Waals surface area contributed by atoms with E-state index in [1.54, 1.807) is 25.1 Å². The maximum absolute atomic E-state index is 12.7. The van der Waals surface area contributed by atoms with E-state index in [-0.39, 0.29) is 6.04 Å². The van der Waals surface area contributed by atoms with Crippen molar-refractivity contribution in [1.29, 1.82) is 0 Å². The summed E-state index contributed by atoms with van der Waals surface area (Å²) in [7, 11) is 0. The van der Waals surface area contributed by atoms with Crippen LogP contribution in [0.5, 0.6) is 0 Å². The molecule has 0 saturated carbocycles. The minimum atomic E-state index is -4.34. The summed E-state index contributed by atoms with van der Waals surface area (Å²) in [4.78, 5) is 0. The topological polar surface area (TPSA) is 12.0 Å². The van der Waals surface area contributed by atoms with E-state index in [9.17, 15) is 13.2 Å². The van der Waals surface area contributed by atoms with Crippen molar-refractivity contribution >= 4 is 33.2 Å². The summed E-state index contributed by atoms with van der Waals surface area (Å²) in [5.74, 6) is 0. The van der Waals surface area contributed by atoms with E-state index in [1.165, 1.54) is 6.07 Å². The Bertz CT molecular complexity index is 643. The zero-order valence-electron chi connectivity index (χ0n) is 11.0. The van der Waals surface area contributed by atoms with Gasteiger partial charge in [-0.2, -0.15) is 13.2 Å². The van der Waals surface area contributed by atoms with E-state index < -0.39 is 11.7 Å². The van der Waals surface area contributed by atoms with Gasteiger partial charge in [0.05, 0.1) is 16.3 Å². The van der Waals surface area contributed by atoms with Crippen molar-refractivity contribution in [3.8, 4) is 0 Å². The van der Waals surface area contributed by atoms with E-state index >= 15 is 0 Å². The number of hydrogen-bond acceptors (Lipinski definition) is 1. The molecule has 0 aliphatic heterocycles. The first kappa shape index (κ1) is 16.2. The Morgan fingerprint density at radius 3 is 2.48 bits per heavy atom. The highest BCUT2D eigenvalue weighted by atomic mass is 79.9. The second kappa shape index (κ2) is 6.28. The fourth-order valence-electron chi connectivity index (χ4n) is 1.91. The normalized spacial score (nSPS) is 13.0. The minimum Gasteiger partial charge on any atom is -0.377 e. The molecule has 0 fully saturated rings. The molecule has 0 spiro atoms. The van der Waals surface area contributed by atoms with E-state index in [4.69, 9.17) is 11.6 Å². The first-order valence-corrected chi connectivity index (χ1v) is 7.33. The fraction of sp³-hybridized carbons (Fsp3) is 0.200. The lowest BCUT2D eigenvalue weighted by atomic mass is 10.0. The zero-order valence-corrected chi connectivity index (χ0v) is 13.4. The summed E-state index contributed by atoms with van der Waals surface area (Å²) in [5.41, 5.74) is 0.559. The second-order valence-electron chi connectivity index (χ2n) is 4.61. The van der Waals surface area contributed by atoms with E-state index in [0.29, 0.717) is 16.3 Å². The highest BCUT2D eigenvalue weighted by Crippen LogP contribution is 2.32. The van der Waals surface area contributed by atoms with Crippen LogP contribution in [0.4, 0.5) is 18.9 Å². The summed E-state index contributed by atoms with van der Waals surface area (Å²) in [6.07, 6.45) is -4.34. The predicted octanol–water partition coefficient (Wildman–Crippen LogP) is 6.29. The number of anilines is 1. The third-order valence-electron chi connectivity index (χ3n) is 3.02. The molecule has 2 aromatic carbocycles. The summed E-state index contributed by atoms with van der Waals surface area (Å²) < 4.78 is 39.0. The molecular formula is C15H12BrClF3N. The molecule has 1 unspecified atom stereocenters. The van der Waals surface area contributed by atoms with Crippen molar-refractivity contribution in [1.82, 2.24) is 0 Å². The minimum absolute atomic E-state index is 0.300. The number of hydrogen-bond donors (Lipinski definition) is 1. The molecule has 1 nitrogen and oxygen atoms in total. The van der Waals surface area contributed by atoms with Crippen molar-refractivity contribution in [2.24, 2.45) is 0 Å². The van der Waals surface area contributed by atoms with Crippen molar-refractivity contribution < 1.29 is 13.2 Å². The number of alkyl halides is 3. The zero-order chi connectivity index (χ0) is 15.6. The molecule has 2 rings (SSSR count). The third kappa shape index (κ3) is 4.14. The van der Waals surface area contributed by atoms with Crippen molar-refractivity contribution in [3.05, 3.63) is 63.1 Å². The Hall–Kier alpha value is -1.20. The predicted molar refractivity (Wildman–Crippen MR) is 82.6 cm³/mol. The molecule has 2 aromatic rings. The second-order valence-corrected chi connectivity index (χ2v) is 5.94. The molecule has 0 radical (unpaired) electrons. The Labute approximate surface area is 134 Å². The Balaban J connectivity index is 2.22. The van der Waals surface area contributed by atoms with Crippen LogP contribution in [0.25, 0.3) is 0 Å². The first-order valence-electron chi connectivity index (χ1n) is 6.16. The molecule has 0 saturated heterocycles. The summed E-state index contributed by atoms with van der Waals surface area (Å²) in [6, 6.07) is 10.3. The molecular weight excluding hydrogens is 367 g/mol. The average molecular weight is 379 g/mol. The summed E-state index contributed by atoms with van der Waals surface area (Å²) in [5, 5.41) is 3.62. The van der Waals surface area contributed by atoms with Gasteiger partial charge in [0.25, 0.3) is 0 Å². The van der Waals surface area contributed by atoms with Gasteiger partial charge in [0.15, 0.2) is 0 Å². The number of halogens is 5. The highest BCUT2D eigenvalue weighted by molar-refractivity contribution is 9.10. The number of rotatable bonds is 3. The Kier molecular flexibility index (Phi) is 4.84. The van der Waals surface area contributed by atoms with Gasteiger partial charge in [-0.3, -0.25) is 0 Å². The molecule has 21 heavy (non-hydrogen) atoms. The van der Waals surface area contributed by atoms with Crippen LogP contribution in [0.15, 0.2) is 46.9 Å². The summed E-state index contributed by atoms with van der Waals surface area (Å²) >= 11 is 9.39. The van der Waals surface area contributed by atoms with Crippen LogP contribution in [0.2, 0.25) is 5.02 Å². The van der Waals surface area contributed by atoms with Gasteiger partial charge < -0.3 is 5.32 Å². The maximum atomic E-state index is 12.7. The van der Waals surface area contributed by atoms with Crippen LogP contribution in [-0.4, -0.2) is 0 Å². The Morgan fingerprint density at radius 1 is 1.14 bits per heavy atom. The van der Waals surface area contributed by atoms with Gasteiger partial charge in [-0.15, -0.1) is 0 Å². The molecule has 112 valence electrons. The lowest BCUT2D eigenvalue weighted by Crippen LogP contribution is -2.10. The smallest absolute Gasteiger partial charge is 0.377 e. The van der Waals surface area contributed by atoms with Crippen LogP contribution in [0.1, 0.15) is 24.1 Å². The number of benzene rings is 2. The molecule has 0 aliphatic rings.